The van der Waals surface area contributed by atoms with Crippen LogP contribution in [0.15, 0.2) is 12.3 Å². The molecule has 0 amide bonds. The number of halogens is 6. The maximum atomic E-state index is 12.7. The van der Waals surface area contributed by atoms with Gasteiger partial charge in [-0.2, -0.15) is 26.3 Å². The topological polar surface area (TPSA) is 112 Å². The zero-order chi connectivity index (χ0) is 21.4. The molecule has 1 unspecified atom stereocenters. The number of hydrogen-bond acceptors (Lipinski definition) is 5. The zero-order valence-corrected chi connectivity index (χ0v) is 14.1. The second kappa shape index (κ2) is 9.92. The lowest BCUT2D eigenvalue weighted by Crippen LogP contribution is -2.32. The van der Waals surface area contributed by atoms with E-state index in [2.05, 4.69) is 15.3 Å². The highest BCUT2D eigenvalue weighted by atomic mass is 19.4. The first-order valence-electron chi connectivity index (χ1n) is 7.30. The van der Waals surface area contributed by atoms with Gasteiger partial charge in [0, 0.05) is 18.7 Å². The Kier molecular flexibility index (Phi) is 8.97. The summed E-state index contributed by atoms with van der Waals surface area (Å²) in [6, 6.07) is 1.44. The molecule has 0 aliphatic carbocycles. The molecule has 1 aromatic heterocycles. The third-order valence-corrected chi connectivity index (χ3v) is 2.85. The summed E-state index contributed by atoms with van der Waals surface area (Å²) in [6.45, 7) is 3.19. The van der Waals surface area contributed by atoms with Crippen LogP contribution in [-0.4, -0.2) is 51.0 Å². The lowest BCUT2D eigenvalue weighted by Gasteiger charge is -2.19. The van der Waals surface area contributed by atoms with Crippen LogP contribution in [0.3, 0.4) is 0 Å². The number of nitrogens with zero attached hydrogens (tertiary/aromatic N) is 2. The van der Waals surface area contributed by atoms with E-state index < -0.39 is 43.2 Å². The molecule has 1 rings (SSSR count). The van der Waals surface area contributed by atoms with E-state index in [4.69, 9.17) is 15.0 Å². The molecule has 0 fully saturated rings. The predicted octanol–water partition coefficient (Wildman–Crippen LogP) is 3.30. The fourth-order valence-corrected chi connectivity index (χ4v) is 1.49. The molecule has 0 aliphatic rings. The Labute approximate surface area is 149 Å². The number of carboxylic acid groups (broad SMARTS) is 2. The molecule has 0 spiro atoms. The second-order valence-corrected chi connectivity index (χ2v) is 5.47. The summed E-state index contributed by atoms with van der Waals surface area (Å²) in [5.74, 6) is -5.39. The van der Waals surface area contributed by atoms with E-state index in [0.717, 1.165) is 0 Å². The highest BCUT2D eigenvalue weighted by Crippen LogP contribution is 2.29. The molecule has 0 saturated heterocycles. The fourth-order valence-electron chi connectivity index (χ4n) is 1.49. The van der Waals surface area contributed by atoms with Crippen molar-refractivity contribution in [3.63, 3.8) is 0 Å². The fraction of sp³-hybridized carbons (Fsp3) is 0.571. The van der Waals surface area contributed by atoms with Crippen molar-refractivity contribution in [1.82, 2.24) is 9.97 Å². The first-order valence-corrected chi connectivity index (χ1v) is 7.30. The van der Waals surface area contributed by atoms with Crippen LogP contribution in [-0.2, 0) is 9.59 Å². The number of nitrogens with one attached hydrogen (secondary N) is 1. The molecule has 1 atom stereocenters. The zero-order valence-electron chi connectivity index (χ0n) is 14.1. The minimum absolute atomic E-state index is 0.0502. The van der Waals surface area contributed by atoms with Gasteiger partial charge in [0.05, 0.1) is 12.3 Å². The summed E-state index contributed by atoms with van der Waals surface area (Å²) in [6.07, 6.45) is -9.18. The lowest BCUT2D eigenvalue weighted by atomic mass is 10.1. The molecule has 1 aromatic rings. The molecule has 13 heteroatoms. The summed E-state index contributed by atoms with van der Waals surface area (Å²) in [5, 5.41) is 18.2. The van der Waals surface area contributed by atoms with E-state index in [1.165, 1.54) is 12.3 Å². The number of aromatic nitrogens is 2. The average molecular weight is 405 g/mol. The second-order valence-electron chi connectivity index (χ2n) is 5.47. The molecular formula is C14H17F6N3O4. The Hall–Kier alpha value is -2.60. The summed E-state index contributed by atoms with van der Waals surface area (Å²) >= 11 is 0. The van der Waals surface area contributed by atoms with Crippen molar-refractivity contribution in [2.75, 3.05) is 11.9 Å². The number of rotatable bonds is 6. The summed E-state index contributed by atoms with van der Waals surface area (Å²) < 4.78 is 69.7. The van der Waals surface area contributed by atoms with Crippen molar-refractivity contribution in [2.45, 2.75) is 38.5 Å². The van der Waals surface area contributed by atoms with Crippen LogP contribution >= 0.6 is 0 Å². The van der Waals surface area contributed by atoms with Gasteiger partial charge in [-0.05, 0) is 6.07 Å². The first kappa shape index (κ1) is 24.4. The minimum atomic E-state index is -5.08. The minimum Gasteiger partial charge on any atom is -0.481 e. The third kappa shape index (κ3) is 10.2. The van der Waals surface area contributed by atoms with Gasteiger partial charge < -0.3 is 15.5 Å². The van der Waals surface area contributed by atoms with Crippen LogP contribution < -0.4 is 5.32 Å². The number of carboxylic acids is 2. The summed E-state index contributed by atoms with van der Waals surface area (Å²) in [5.41, 5.74) is 0. The standard InChI is InChI=1S/C12H16F3N3O2.C2HF3O2/c1-7(2)11-16-4-3-9(18-11)17-6-8(5-10(19)20)12(13,14)15;3-2(4,5)1(6)7/h3-4,7-8H,5-6H2,1-2H3,(H,19,20)(H,16,17,18);(H,6,7). The highest BCUT2D eigenvalue weighted by molar-refractivity contribution is 5.73. The van der Waals surface area contributed by atoms with E-state index in [1.54, 1.807) is 0 Å². The van der Waals surface area contributed by atoms with E-state index in [9.17, 15) is 31.1 Å². The van der Waals surface area contributed by atoms with E-state index in [1.807, 2.05) is 13.8 Å². The number of carbonyl (C=O) groups is 2. The first-order chi connectivity index (χ1) is 12.1. The molecule has 0 bridgehead atoms. The molecule has 0 aromatic carbocycles. The molecule has 3 N–H and O–H groups in total. The Bertz CT molecular complexity index is 634. The monoisotopic (exact) mass is 405 g/mol. The van der Waals surface area contributed by atoms with Gasteiger partial charge >= 0.3 is 24.3 Å². The van der Waals surface area contributed by atoms with E-state index in [-0.39, 0.29) is 11.7 Å². The Morgan fingerprint density at radius 3 is 2.04 bits per heavy atom. The van der Waals surface area contributed by atoms with Gasteiger partial charge in [-0.3, -0.25) is 4.79 Å². The van der Waals surface area contributed by atoms with Crippen LogP contribution in [0.5, 0.6) is 0 Å². The van der Waals surface area contributed by atoms with Crippen molar-refractivity contribution in [1.29, 1.82) is 0 Å². The van der Waals surface area contributed by atoms with Crippen molar-refractivity contribution in [3.8, 4) is 0 Å². The maximum Gasteiger partial charge on any atom is 0.490 e. The summed E-state index contributed by atoms with van der Waals surface area (Å²) in [7, 11) is 0. The molecular weight excluding hydrogens is 388 g/mol. The van der Waals surface area contributed by atoms with Gasteiger partial charge in [-0.15, -0.1) is 0 Å². The third-order valence-electron chi connectivity index (χ3n) is 2.85. The van der Waals surface area contributed by atoms with Gasteiger partial charge in [0.2, 0.25) is 0 Å². The van der Waals surface area contributed by atoms with E-state index in [0.29, 0.717) is 5.82 Å². The predicted molar refractivity (Wildman–Crippen MR) is 80.1 cm³/mol. The average Bonchev–Trinajstić information content (AvgIpc) is 2.50. The molecule has 0 aliphatic heterocycles. The molecule has 0 radical (unpaired) electrons. The van der Waals surface area contributed by atoms with Gasteiger partial charge in [0.1, 0.15) is 11.6 Å². The number of aliphatic carboxylic acids is 2. The quantitative estimate of drug-likeness (QED) is 0.623. The normalized spacial score (nSPS) is 12.8. The highest BCUT2D eigenvalue weighted by Gasteiger charge is 2.40. The van der Waals surface area contributed by atoms with Gasteiger partial charge in [-0.25, -0.2) is 14.8 Å². The Morgan fingerprint density at radius 1 is 1.15 bits per heavy atom. The SMILES string of the molecule is CC(C)c1nccc(NCC(CC(=O)O)C(F)(F)F)n1.O=C(O)C(F)(F)F. The van der Waals surface area contributed by atoms with Crippen molar-refractivity contribution >= 4 is 17.8 Å². The number of hydrogen-bond donors (Lipinski definition) is 3. The number of alkyl halides is 6. The molecule has 154 valence electrons. The van der Waals surface area contributed by atoms with Crippen molar-refractivity contribution in [2.24, 2.45) is 5.92 Å². The van der Waals surface area contributed by atoms with Crippen molar-refractivity contribution in [3.05, 3.63) is 18.1 Å². The van der Waals surface area contributed by atoms with Gasteiger partial charge in [0.15, 0.2) is 0 Å². The Balaban J connectivity index is 0.000000821. The van der Waals surface area contributed by atoms with Crippen LogP contribution in [0.2, 0.25) is 0 Å². The van der Waals surface area contributed by atoms with Gasteiger partial charge in [0.25, 0.3) is 0 Å². The molecule has 1 heterocycles. The van der Waals surface area contributed by atoms with Crippen LogP contribution in [0.1, 0.15) is 32.0 Å². The maximum absolute atomic E-state index is 12.7. The molecule has 7 nitrogen and oxygen atoms in total. The van der Waals surface area contributed by atoms with Crippen LogP contribution in [0.4, 0.5) is 32.2 Å². The number of anilines is 1. The smallest absolute Gasteiger partial charge is 0.481 e. The Morgan fingerprint density at radius 2 is 1.67 bits per heavy atom. The largest absolute Gasteiger partial charge is 0.490 e. The molecule has 0 saturated carbocycles. The van der Waals surface area contributed by atoms with E-state index >= 15 is 0 Å². The van der Waals surface area contributed by atoms with Crippen LogP contribution in [0, 0.1) is 5.92 Å². The van der Waals surface area contributed by atoms with Gasteiger partial charge in [-0.1, -0.05) is 13.8 Å². The summed E-state index contributed by atoms with van der Waals surface area (Å²) in [4.78, 5) is 27.4. The van der Waals surface area contributed by atoms with Crippen LogP contribution in [0.25, 0.3) is 0 Å². The lowest BCUT2D eigenvalue weighted by molar-refractivity contribution is -0.192. The molecule has 27 heavy (non-hydrogen) atoms. The van der Waals surface area contributed by atoms with Crippen molar-refractivity contribution < 1.29 is 46.1 Å².